The van der Waals surface area contributed by atoms with E-state index in [4.69, 9.17) is 0 Å². The summed E-state index contributed by atoms with van der Waals surface area (Å²) in [4.78, 5) is 36.1. The lowest BCUT2D eigenvalue weighted by Gasteiger charge is -2.41. The number of sulfonamides is 1. The quantitative estimate of drug-likeness (QED) is 0.275. The van der Waals surface area contributed by atoms with Crippen molar-refractivity contribution in [2.75, 3.05) is 29.9 Å². The molecule has 0 bridgehead atoms. The smallest absolute Gasteiger partial charge is 0.327 e. The third-order valence-corrected chi connectivity index (χ3v) is 8.99. The van der Waals surface area contributed by atoms with Crippen LogP contribution >= 0.6 is 0 Å². The van der Waals surface area contributed by atoms with Crippen molar-refractivity contribution < 1.29 is 27.5 Å². The molecule has 0 saturated carbocycles. The Morgan fingerprint density at radius 1 is 1.02 bits per heavy atom. The molecule has 1 aliphatic rings. The molecule has 1 amide bonds. The van der Waals surface area contributed by atoms with Crippen LogP contribution < -0.4 is 20.3 Å². The van der Waals surface area contributed by atoms with Crippen LogP contribution in [0.3, 0.4) is 0 Å². The van der Waals surface area contributed by atoms with Gasteiger partial charge in [0.2, 0.25) is 16.0 Å². The van der Waals surface area contributed by atoms with Crippen molar-refractivity contribution in [2.24, 2.45) is 5.41 Å². The van der Waals surface area contributed by atoms with Gasteiger partial charge in [0.1, 0.15) is 5.82 Å². The number of rotatable bonds is 10. The third kappa shape index (κ3) is 6.85. The zero-order chi connectivity index (χ0) is 30.5. The van der Waals surface area contributed by atoms with E-state index in [1.165, 1.54) is 36.4 Å². The second-order valence-corrected chi connectivity index (χ2v) is 12.9. The SMILES string of the molecule is CC(C)(C)[C@](CNC(=O)c1cc(N2CCC(Nc3ncccn3)CC2)ccc1F)(NS(=O)(=O)c1ccccc1)C(=O)O. The van der Waals surface area contributed by atoms with Gasteiger partial charge in [0, 0.05) is 43.8 Å². The highest BCUT2D eigenvalue weighted by Crippen LogP contribution is 2.33. The summed E-state index contributed by atoms with van der Waals surface area (Å²) in [6.45, 7) is 5.30. The molecule has 13 heteroatoms. The highest BCUT2D eigenvalue weighted by Gasteiger charge is 2.52. The summed E-state index contributed by atoms with van der Waals surface area (Å²) in [5.74, 6) is -2.58. The molecule has 1 aromatic heterocycles. The first-order valence-electron chi connectivity index (χ1n) is 13.5. The van der Waals surface area contributed by atoms with E-state index in [2.05, 4.69) is 25.3 Å². The van der Waals surface area contributed by atoms with Crippen molar-refractivity contribution in [1.29, 1.82) is 0 Å². The summed E-state index contributed by atoms with van der Waals surface area (Å²) in [7, 11) is -4.29. The number of anilines is 2. The minimum absolute atomic E-state index is 0.125. The topological polar surface area (TPSA) is 154 Å². The van der Waals surface area contributed by atoms with Crippen molar-refractivity contribution >= 4 is 33.5 Å². The van der Waals surface area contributed by atoms with E-state index in [9.17, 15) is 27.5 Å². The van der Waals surface area contributed by atoms with Gasteiger partial charge in [0.25, 0.3) is 5.91 Å². The van der Waals surface area contributed by atoms with Gasteiger partial charge in [-0.1, -0.05) is 39.0 Å². The lowest BCUT2D eigenvalue weighted by molar-refractivity contribution is -0.148. The van der Waals surface area contributed by atoms with Gasteiger partial charge in [0.05, 0.1) is 10.5 Å². The number of aliphatic carboxylic acids is 1. The second kappa shape index (κ2) is 12.4. The molecule has 3 aromatic rings. The Morgan fingerprint density at radius 2 is 1.67 bits per heavy atom. The van der Waals surface area contributed by atoms with Crippen LogP contribution in [0.4, 0.5) is 16.0 Å². The normalized spacial score (nSPS) is 16.0. The average molecular weight is 599 g/mol. The number of carbonyl (C=O) groups excluding carboxylic acids is 1. The molecular formula is C29H35FN6O5S. The lowest BCUT2D eigenvalue weighted by atomic mass is 9.74. The maximum atomic E-state index is 14.9. The maximum absolute atomic E-state index is 14.9. The number of benzene rings is 2. The van der Waals surface area contributed by atoms with Crippen LogP contribution in [0.25, 0.3) is 0 Å². The summed E-state index contributed by atoms with van der Waals surface area (Å²) in [6.07, 6.45) is 4.86. The van der Waals surface area contributed by atoms with Crippen LogP contribution in [0.2, 0.25) is 0 Å². The van der Waals surface area contributed by atoms with E-state index in [-0.39, 0.29) is 16.5 Å². The van der Waals surface area contributed by atoms with Crippen molar-refractivity contribution in [3.8, 4) is 0 Å². The van der Waals surface area contributed by atoms with E-state index < -0.39 is 45.2 Å². The Hall–Kier alpha value is -4.10. The molecular weight excluding hydrogens is 563 g/mol. The van der Waals surface area contributed by atoms with Crippen LogP contribution in [0, 0.1) is 11.2 Å². The van der Waals surface area contributed by atoms with Crippen LogP contribution in [-0.4, -0.2) is 66.6 Å². The van der Waals surface area contributed by atoms with E-state index in [0.717, 1.165) is 12.8 Å². The molecule has 1 saturated heterocycles. The molecule has 4 N–H and O–H groups in total. The molecule has 0 spiro atoms. The van der Waals surface area contributed by atoms with E-state index >= 15 is 0 Å². The summed E-state index contributed by atoms with van der Waals surface area (Å²) < 4.78 is 43.5. The Morgan fingerprint density at radius 3 is 2.26 bits per heavy atom. The first-order chi connectivity index (χ1) is 19.8. The van der Waals surface area contributed by atoms with E-state index in [0.29, 0.717) is 24.7 Å². The van der Waals surface area contributed by atoms with Crippen LogP contribution in [0.5, 0.6) is 0 Å². The molecule has 224 valence electrons. The molecule has 4 rings (SSSR count). The highest BCUT2D eigenvalue weighted by atomic mass is 32.2. The number of piperidine rings is 1. The summed E-state index contributed by atoms with van der Waals surface area (Å²) >= 11 is 0. The fraction of sp³-hybridized carbons (Fsp3) is 0.379. The largest absolute Gasteiger partial charge is 0.480 e. The van der Waals surface area contributed by atoms with Gasteiger partial charge in [-0.25, -0.2) is 22.8 Å². The number of carbonyl (C=O) groups is 2. The predicted molar refractivity (Wildman–Crippen MR) is 156 cm³/mol. The summed E-state index contributed by atoms with van der Waals surface area (Å²) in [5.41, 5.74) is -2.98. The number of carboxylic acids is 1. The molecule has 0 aliphatic carbocycles. The number of carboxylic acid groups (broad SMARTS) is 1. The van der Waals surface area contributed by atoms with E-state index in [1.807, 2.05) is 4.90 Å². The van der Waals surface area contributed by atoms with Crippen LogP contribution in [0.15, 0.2) is 71.9 Å². The lowest BCUT2D eigenvalue weighted by Crippen LogP contribution is -2.67. The first kappa shape index (κ1) is 30.8. The van der Waals surface area contributed by atoms with Gasteiger partial charge in [0.15, 0.2) is 5.54 Å². The molecule has 1 aliphatic heterocycles. The number of hydrogen-bond acceptors (Lipinski definition) is 8. The standard InChI is InChI=1S/C29H35FN6O5S/c1-28(2,3)29(26(38)39,35-42(40,41)22-8-5-4-6-9-22)19-33-25(37)23-18-21(10-11-24(23)30)36-16-12-20(13-17-36)34-27-31-14-7-15-32-27/h4-11,14-15,18,20,35H,12-13,16-17,19H2,1-3H3,(H,33,37)(H,38,39)(H,31,32,34)/t29-/m1/s1. The summed E-state index contributed by atoms with van der Waals surface area (Å²) in [6, 6.07) is 13.4. The number of hydrogen-bond donors (Lipinski definition) is 4. The molecule has 2 heterocycles. The number of halogens is 1. The average Bonchev–Trinajstić information content (AvgIpc) is 2.96. The van der Waals surface area contributed by atoms with Crippen molar-refractivity contribution in [3.05, 3.63) is 78.4 Å². The third-order valence-electron chi connectivity index (χ3n) is 7.48. The zero-order valence-electron chi connectivity index (χ0n) is 23.7. The molecule has 2 aromatic carbocycles. The Bertz CT molecular complexity index is 1510. The Kier molecular flexibility index (Phi) is 9.12. The van der Waals surface area contributed by atoms with Crippen molar-refractivity contribution in [1.82, 2.24) is 20.0 Å². The van der Waals surface area contributed by atoms with Crippen LogP contribution in [0.1, 0.15) is 44.0 Å². The first-order valence-corrected chi connectivity index (χ1v) is 15.0. The van der Waals surface area contributed by atoms with Gasteiger partial charge in [-0.15, -0.1) is 0 Å². The molecule has 11 nitrogen and oxygen atoms in total. The molecule has 1 fully saturated rings. The minimum Gasteiger partial charge on any atom is -0.480 e. The fourth-order valence-corrected chi connectivity index (χ4v) is 6.37. The van der Waals surface area contributed by atoms with Gasteiger partial charge >= 0.3 is 5.97 Å². The molecule has 1 atom stereocenters. The van der Waals surface area contributed by atoms with Gasteiger partial charge in [-0.05, 0) is 54.7 Å². The predicted octanol–water partition coefficient (Wildman–Crippen LogP) is 3.27. The highest BCUT2D eigenvalue weighted by molar-refractivity contribution is 7.89. The minimum atomic E-state index is -4.29. The van der Waals surface area contributed by atoms with E-state index in [1.54, 1.807) is 51.4 Å². The Balaban J connectivity index is 1.49. The Labute approximate surface area is 244 Å². The number of nitrogens with zero attached hydrogens (tertiary/aromatic N) is 3. The monoisotopic (exact) mass is 598 g/mol. The number of aromatic nitrogens is 2. The maximum Gasteiger partial charge on any atom is 0.327 e. The second-order valence-electron chi connectivity index (χ2n) is 11.2. The van der Waals surface area contributed by atoms with Crippen molar-refractivity contribution in [3.63, 3.8) is 0 Å². The van der Waals surface area contributed by atoms with Gasteiger partial charge in [-0.3, -0.25) is 9.59 Å². The summed E-state index contributed by atoms with van der Waals surface area (Å²) in [5, 5.41) is 16.0. The number of amides is 1. The zero-order valence-corrected chi connectivity index (χ0v) is 24.5. The molecule has 42 heavy (non-hydrogen) atoms. The van der Waals surface area contributed by atoms with Gasteiger partial charge in [-0.2, -0.15) is 4.72 Å². The fourth-order valence-electron chi connectivity index (χ4n) is 4.81. The van der Waals surface area contributed by atoms with Crippen LogP contribution in [-0.2, 0) is 14.8 Å². The number of nitrogens with one attached hydrogen (secondary N) is 3. The van der Waals surface area contributed by atoms with Gasteiger partial charge < -0.3 is 20.6 Å². The molecule has 0 unspecified atom stereocenters. The molecule has 0 radical (unpaired) electrons. The van der Waals surface area contributed by atoms with Crippen molar-refractivity contribution in [2.45, 2.75) is 50.1 Å².